The summed E-state index contributed by atoms with van der Waals surface area (Å²) in [5.41, 5.74) is 2.58. The van der Waals surface area contributed by atoms with Gasteiger partial charge in [-0.2, -0.15) is 0 Å². The highest BCUT2D eigenvalue weighted by Gasteiger charge is 2.19. The molecule has 0 fully saturated rings. The van der Waals surface area contributed by atoms with Gasteiger partial charge < -0.3 is 4.74 Å². The molecule has 0 N–H and O–H groups in total. The number of benzene rings is 1. The van der Waals surface area contributed by atoms with Gasteiger partial charge in [0.1, 0.15) is 11.5 Å². The van der Waals surface area contributed by atoms with Crippen molar-refractivity contribution in [1.29, 1.82) is 0 Å². The summed E-state index contributed by atoms with van der Waals surface area (Å²) >= 11 is 2.81. The van der Waals surface area contributed by atoms with E-state index >= 15 is 0 Å². The minimum Gasteiger partial charge on any atom is -0.455 e. The lowest BCUT2D eigenvalue weighted by Crippen LogP contribution is -2.22. The van der Waals surface area contributed by atoms with Gasteiger partial charge in [0.2, 0.25) is 5.91 Å². The molecular formula is C21H22N2O3S2. The zero-order valence-corrected chi connectivity index (χ0v) is 17.7. The number of hydrogen-bond donors (Lipinski definition) is 0. The van der Waals surface area contributed by atoms with E-state index in [1.54, 1.807) is 4.90 Å². The van der Waals surface area contributed by atoms with Crippen LogP contribution in [0, 0.1) is 6.92 Å². The average molecular weight is 415 g/mol. The van der Waals surface area contributed by atoms with E-state index in [2.05, 4.69) is 11.9 Å². The number of para-hydroxylation sites is 1. The molecule has 0 saturated carbocycles. The van der Waals surface area contributed by atoms with Crippen molar-refractivity contribution in [3.8, 4) is 0 Å². The van der Waals surface area contributed by atoms with Crippen molar-refractivity contribution in [2.45, 2.75) is 40.2 Å². The second-order valence-electron chi connectivity index (χ2n) is 6.33. The molecule has 0 spiro atoms. The Morgan fingerprint density at radius 1 is 1.21 bits per heavy atom. The lowest BCUT2D eigenvalue weighted by molar-refractivity contribution is -0.115. The Bertz CT molecular complexity index is 963. The van der Waals surface area contributed by atoms with E-state index in [9.17, 15) is 9.59 Å². The quantitative estimate of drug-likeness (QED) is 0.479. The van der Waals surface area contributed by atoms with E-state index < -0.39 is 0 Å². The van der Waals surface area contributed by atoms with E-state index in [4.69, 9.17) is 4.74 Å². The summed E-state index contributed by atoms with van der Waals surface area (Å²) in [4.78, 5) is 32.3. The molecule has 1 amide bonds. The zero-order valence-electron chi connectivity index (χ0n) is 16.1. The van der Waals surface area contributed by atoms with Gasteiger partial charge in [-0.1, -0.05) is 31.5 Å². The molecule has 0 aliphatic heterocycles. The van der Waals surface area contributed by atoms with Crippen LogP contribution in [0.5, 0.6) is 0 Å². The maximum absolute atomic E-state index is 12.4. The van der Waals surface area contributed by atoms with Gasteiger partial charge in [0.25, 0.3) is 0 Å². The van der Waals surface area contributed by atoms with Gasteiger partial charge >= 0.3 is 5.97 Å². The Balaban J connectivity index is 1.68. The standard InChI is InChI=1S/C21H22N2O3S2/c1-4-8-16-11-19(28-14(16)2)20(25)26-12-17-13-27-21(22-17)23(15(3)24)18-9-6-5-7-10-18/h5-7,9-11,13H,4,8,12H2,1-3H3. The number of anilines is 2. The number of hydrogen-bond acceptors (Lipinski definition) is 6. The van der Waals surface area contributed by atoms with Crippen molar-refractivity contribution in [2.24, 2.45) is 0 Å². The summed E-state index contributed by atoms with van der Waals surface area (Å²) in [6.07, 6.45) is 2.01. The highest BCUT2D eigenvalue weighted by molar-refractivity contribution is 7.14. The zero-order chi connectivity index (χ0) is 20.1. The predicted molar refractivity (Wildman–Crippen MR) is 114 cm³/mol. The van der Waals surface area contributed by atoms with Crippen LogP contribution >= 0.6 is 22.7 Å². The lowest BCUT2D eigenvalue weighted by atomic mass is 10.1. The first-order valence-electron chi connectivity index (χ1n) is 9.06. The monoisotopic (exact) mass is 414 g/mol. The molecule has 5 nitrogen and oxygen atoms in total. The van der Waals surface area contributed by atoms with Crippen molar-refractivity contribution in [3.63, 3.8) is 0 Å². The normalized spacial score (nSPS) is 10.7. The largest absolute Gasteiger partial charge is 0.455 e. The molecule has 0 saturated heterocycles. The number of thiophene rings is 1. The Hall–Kier alpha value is -2.51. The van der Waals surface area contributed by atoms with Crippen LogP contribution < -0.4 is 4.90 Å². The van der Waals surface area contributed by atoms with Gasteiger partial charge in [-0.05, 0) is 37.1 Å². The fourth-order valence-electron chi connectivity index (χ4n) is 2.82. The molecule has 0 atom stereocenters. The van der Waals surface area contributed by atoms with Gasteiger partial charge in [-0.3, -0.25) is 9.69 Å². The number of ether oxygens (including phenoxy) is 1. The Labute approximate surface area is 172 Å². The average Bonchev–Trinajstić information content (AvgIpc) is 3.28. The van der Waals surface area contributed by atoms with Crippen molar-refractivity contribution >= 4 is 45.4 Å². The van der Waals surface area contributed by atoms with E-state index in [-0.39, 0.29) is 18.5 Å². The maximum atomic E-state index is 12.4. The van der Waals surface area contributed by atoms with E-state index in [1.807, 2.05) is 48.7 Å². The van der Waals surface area contributed by atoms with Gasteiger partial charge in [0.15, 0.2) is 5.13 Å². The fourth-order valence-corrected chi connectivity index (χ4v) is 4.65. The molecule has 0 aliphatic carbocycles. The summed E-state index contributed by atoms with van der Waals surface area (Å²) in [6, 6.07) is 11.3. The Morgan fingerprint density at radius 3 is 2.64 bits per heavy atom. The number of aryl methyl sites for hydroxylation is 2. The van der Waals surface area contributed by atoms with E-state index in [1.165, 1.54) is 35.2 Å². The van der Waals surface area contributed by atoms with Crippen LogP contribution in [0.3, 0.4) is 0 Å². The SMILES string of the molecule is CCCc1cc(C(=O)OCc2csc(N(C(C)=O)c3ccccc3)n2)sc1C. The smallest absolute Gasteiger partial charge is 0.348 e. The van der Waals surface area contributed by atoms with Crippen molar-refractivity contribution in [2.75, 3.05) is 4.90 Å². The molecule has 3 aromatic rings. The van der Waals surface area contributed by atoms with Crippen LogP contribution in [0.25, 0.3) is 0 Å². The van der Waals surface area contributed by atoms with Crippen LogP contribution in [0.1, 0.15) is 46.1 Å². The van der Waals surface area contributed by atoms with Crippen LogP contribution in [0.15, 0.2) is 41.8 Å². The van der Waals surface area contributed by atoms with Crippen molar-refractivity contribution < 1.29 is 14.3 Å². The predicted octanol–water partition coefficient (Wildman–Crippen LogP) is 5.51. The summed E-state index contributed by atoms with van der Waals surface area (Å²) in [6.45, 7) is 5.73. The third kappa shape index (κ3) is 4.66. The third-order valence-electron chi connectivity index (χ3n) is 4.15. The molecule has 0 aliphatic rings. The summed E-state index contributed by atoms with van der Waals surface area (Å²) in [7, 11) is 0. The number of esters is 1. The van der Waals surface area contributed by atoms with Crippen LogP contribution in [-0.2, 0) is 22.6 Å². The van der Waals surface area contributed by atoms with Gasteiger partial charge in [-0.25, -0.2) is 9.78 Å². The number of thiazole rings is 1. The van der Waals surface area contributed by atoms with Crippen LogP contribution in [0.2, 0.25) is 0 Å². The van der Waals surface area contributed by atoms with Crippen molar-refractivity contribution in [3.05, 3.63) is 62.8 Å². The Morgan fingerprint density at radius 2 is 1.96 bits per heavy atom. The summed E-state index contributed by atoms with van der Waals surface area (Å²) < 4.78 is 5.43. The molecule has 2 aromatic heterocycles. The molecule has 0 bridgehead atoms. The highest BCUT2D eigenvalue weighted by Crippen LogP contribution is 2.29. The van der Waals surface area contributed by atoms with Crippen molar-refractivity contribution in [1.82, 2.24) is 4.98 Å². The van der Waals surface area contributed by atoms with Gasteiger partial charge in [-0.15, -0.1) is 22.7 Å². The molecule has 7 heteroatoms. The summed E-state index contributed by atoms with van der Waals surface area (Å²) in [5.74, 6) is -0.460. The lowest BCUT2D eigenvalue weighted by Gasteiger charge is -2.17. The topological polar surface area (TPSA) is 59.5 Å². The first-order chi connectivity index (χ1) is 13.5. The molecule has 146 valence electrons. The van der Waals surface area contributed by atoms with E-state index in [0.29, 0.717) is 15.7 Å². The number of aromatic nitrogens is 1. The van der Waals surface area contributed by atoms with E-state index in [0.717, 1.165) is 23.4 Å². The second-order valence-corrected chi connectivity index (χ2v) is 8.42. The first-order valence-corrected chi connectivity index (χ1v) is 10.8. The summed E-state index contributed by atoms with van der Waals surface area (Å²) in [5, 5.41) is 2.37. The minimum atomic E-state index is -0.337. The molecule has 1 aromatic carbocycles. The number of carbonyl (C=O) groups excluding carboxylic acids is 2. The molecule has 0 radical (unpaired) electrons. The number of nitrogens with zero attached hydrogens (tertiary/aromatic N) is 2. The van der Waals surface area contributed by atoms with Crippen LogP contribution in [0.4, 0.5) is 10.8 Å². The number of rotatable bonds is 7. The number of carbonyl (C=O) groups is 2. The first kappa shape index (κ1) is 20.2. The third-order valence-corrected chi connectivity index (χ3v) is 6.10. The maximum Gasteiger partial charge on any atom is 0.348 e. The minimum absolute atomic E-state index is 0.0793. The molecule has 28 heavy (non-hydrogen) atoms. The molecular weight excluding hydrogens is 392 g/mol. The number of amides is 1. The second kappa shape index (κ2) is 9.12. The van der Waals surface area contributed by atoms with Crippen LogP contribution in [-0.4, -0.2) is 16.9 Å². The highest BCUT2D eigenvalue weighted by atomic mass is 32.1. The fraction of sp³-hybridized carbons (Fsp3) is 0.286. The molecule has 2 heterocycles. The molecule has 3 rings (SSSR count). The van der Waals surface area contributed by atoms with Gasteiger partial charge in [0.05, 0.1) is 11.4 Å². The molecule has 0 unspecified atom stereocenters. The van der Waals surface area contributed by atoms with Gasteiger partial charge in [0, 0.05) is 17.2 Å². The Kier molecular flexibility index (Phi) is 6.59.